The second-order valence-corrected chi connectivity index (χ2v) is 7.27. The molecule has 1 aliphatic carbocycles. The maximum Gasteiger partial charge on any atom is 0.138 e. The molecule has 0 N–H and O–H groups in total. The van der Waals surface area contributed by atoms with Gasteiger partial charge in [0, 0.05) is 6.54 Å². The molecular weight excluding hydrogens is 305 g/mol. The summed E-state index contributed by atoms with van der Waals surface area (Å²) in [5, 5.41) is 0.677. The zero-order chi connectivity index (χ0) is 14.8. The van der Waals surface area contributed by atoms with Gasteiger partial charge < -0.3 is 9.64 Å². The lowest BCUT2D eigenvalue weighted by Gasteiger charge is -2.24. The van der Waals surface area contributed by atoms with E-state index in [4.69, 9.17) is 27.9 Å². The smallest absolute Gasteiger partial charge is 0.138 e. The molecule has 2 atom stereocenters. The summed E-state index contributed by atoms with van der Waals surface area (Å²) in [5.41, 5.74) is 1.09. The summed E-state index contributed by atoms with van der Waals surface area (Å²) in [4.78, 5) is 2.51. The molecule has 2 fully saturated rings. The molecule has 1 saturated carbocycles. The minimum Gasteiger partial charge on any atom is -0.489 e. The molecule has 0 radical (unpaired) electrons. The Bertz CT molecular complexity index is 484. The Labute approximate surface area is 137 Å². The Kier molecular flexibility index (Phi) is 4.98. The van der Waals surface area contributed by atoms with E-state index in [2.05, 4.69) is 17.9 Å². The number of benzene rings is 1. The quantitative estimate of drug-likeness (QED) is 0.689. The highest BCUT2D eigenvalue weighted by Gasteiger charge is 2.25. The number of likely N-dealkylation sites (tertiary alicyclic amines) is 1. The monoisotopic (exact) mass is 327 g/mol. The first-order chi connectivity index (χ1) is 10.1. The molecule has 0 spiro atoms. The summed E-state index contributed by atoms with van der Waals surface area (Å²) >= 11 is 13.0. The topological polar surface area (TPSA) is 12.5 Å². The molecule has 1 saturated heterocycles. The molecule has 1 heterocycles. The first-order valence-corrected chi connectivity index (χ1v) is 8.77. The predicted molar refractivity (Wildman–Crippen MR) is 88.5 cm³/mol. The van der Waals surface area contributed by atoms with Gasteiger partial charge in [-0.3, -0.25) is 0 Å². The second-order valence-electron chi connectivity index (χ2n) is 6.39. The second kappa shape index (κ2) is 6.76. The molecule has 1 aliphatic heterocycles. The van der Waals surface area contributed by atoms with Crippen LogP contribution >= 0.6 is 23.2 Å². The van der Waals surface area contributed by atoms with Gasteiger partial charge in [0.25, 0.3) is 0 Å². The summed E-state index contributed by atoms with van der Waals surface area (Å²) in [5.74, 6) is 1.20. The molecule has 2 aliphatic rings. The minimum atomic E-state index is -0.00178. The third kappa shape index (κ3) is 4.06. The Morgan fingerprint density at radius 1 is 1.29 bits per heavy atom. The van der Waals surface area contributed by atoms with Gasteiger partial charge in [0.2, 0.25) is 0 Å². The van der Waals surface area contributed by atoms with Gasteiger partial charge in [0.15, 0.2) is 0 Å². The number of hydrogen-bond acceptors (Lipinski definition) is 2. The van der Waals surface area contributed by atoms with Crippen molar-refractivity contribution in [2.24, 2.45) is 5.92 Å². The molecule has 0 amide bonds. The van der Waals surface area contributed by atoms with Crippen LogP contribution in [0.4, 0.5) is 0 Å². The van der Waals surface area contributed by atoms with Gasteiger partial charge in [-0.15, -0.1) is 11.6 Å². The first kappa shape index (κ1) is 15.5. The van der Waals surface area contributed by atoms with Crippen molar-refractivity contribution >= 4 is 23.2 Å². The third-order valence-corrected chi connectivity index (χ3v) is 5.31. The number of halogens is 2. The van der Waals surface area contributed by atoms with E-state index in [0.29, 0.717) is 17.0 Å². The average Bonchev–Trinajstić information content (AvgIpc) is 3.14. The predicted octanol–water partition coefficient (Wildman–Crippen LogP) is 4.89. The number of hydrogen-bond donors (Lipinski definition) is 0. The van der Waals surface area contributed by atoms with Crippen LogP contribution in [0.1, 0.15) is 43.5 Å². The van der Waals surface area contributed by atoms with E-state index in [1.54, 1.807) is 0 Å². The Hall–Kier alpha value is -0.440. The van der Waals surface area contributed by atoms with Gasteiger partial charge in [0.05, 0.1) is 16.5 Å². The van der Waals surface area contributed by atoms with Crippen molar-refractivity contribution in [2.45, 2.75) is 44.1 Å². The van der Waals surface area contributed by atoms with Crippen LogP contribution in [-0.4, -0.2) is 30.6 Å². The Morgan fingerprint density at radius 3 is 2.62 bits per heavy atom. The highest BCUT2D eigenvalue weighted by molar-refractivity contribution is 6.32. The normalized spacial score (nSPS) is 22.2. The van der Waals surface area contributed by atoms with E-state index in [1.165, 1.54) is 25.9 Å². The van der Waals surface area contributed by atoms with Gasteiger partial charge in [-0.05, 0) is 62.4 Å². The van der Waals surface area contributed by atoms with Crippen molar-refractivity contribution < 1.29 is 4.74 Å². The number of ether oxygens (including phenoxy) is 1. The Balaban J connectivity index is 1.62. The van der Waals surface area contributed by atoms with Gasteiger partial charge in [0.1, 0.15) is 5.75 Å². The molecule has 116 valence electrons. The zero-order valence-electron chi connectivity index (χ0n) is 12.5. The van der Waals surface area contributed by atoms with Gasteiger partial charge >= 0.3 is 0 Å². The lowest BCUT2D eigenvalue weighted by molar-refractivity contribution is 0.283. The van der Waals surface area contributed by atoms with Gasteiger partial charge in [-0.25, -0.2) is 0 Å². The van der Waals surface area contributed by atoms with Crippen LogP contribution in [0.2, 0.25) is 5.02 Å². The van der Waals surface area contributed by atoms with E-state index in [9.17, 15) is 0 Å². The number of nitrogens with zero attached hydrogens (tertiary/aromatic N) is 1. The third-order valence-electron chi connectivity index (χ3n) is 4.34. The summed E-state index contributed by atoms with van der Waals surface area (Å²) in [7, 11) is 0. The molecule has 0 aromatic heterocycles. The van der Waals surface area contributed by atoms with E-state index in [1.807, 2.05) is 12.1 Å². The van der Waals surface area contributed by atoms with Crippen LogP contribution in [0, 0.1) is 5.92 Å². The lowest BCUT2D eigenvalue weighted by Crippen LogP contribution is -2.27. The van der Waals surface area contributed by atoms with Crippen molar-refractivity contribution in [2.75, 3.05) is 19.6 Å². The fraction of sp³-hybridized carbons (Fsp3) is 0.647. The van der Waals surface area contributed by atoms with Crippen molar-refractivity contribution in [1.29, 1.82) is 0 Å². The van der Waals surface area contributed by atoms with Crippen molar-refractivity contribution in [3.63, 3.8) is 0 Å². The molecule has 2 nitrogen and oxygen atoms in total. The molecule has 3 rings (SSSR count). The van der Waals surface area contributed by atoms with Crippen LogP contribution in [0.5, 0.6) is 5.75 Å². The van der Waals surface area contributed by atoms with Crippen LogP contribution in [0.3, 0.4) is 0 Å². The van der Waals surface area contributed by atoms with Crippen molar-refractivity contribution in [3.8, 4) is 5.75 Å². The molecule has 1 unspecified atom stereocenters. The van der Waals surface area contributed by atoms with E-state index >= 15 is 0 Å². The van der Waals surface area contributed by atoms with Crippen molar-refractivity contribution in [1.82, 2.24) is 4.90 Å². The fourth-order valence-corrected chi connectivity index (χ4v) is 3.39. The largest absolute Gasteiger partial charge is 0.489 e. The van der Waals surface area contributed by atoms with E-state index < -0.39 is 0 Å². The first-order valence-electron chi connectivity index (χ1n) is 7.96. The van der Waals surface area contributed by atoms with Crippen LogP contribution in [-0.2, 0) is 0 Å². The van der Waals surface area contributed by atoms with Crippen LogP contribution < -0.4 is 4.74 Å². The summed E-state index contributed by atoms with van der Waals surface area (Å²) in [6.45, 7) is 5.70. The summed E-state index contributed by atoms with van der Waals surface area (Å²) in [6.07, 6.45) is 5.29. The zero-order valence-corrected chi connectivity index (χ0v) is 14.0. The molecular formula is C17H23Cl2NO. The molecule has 1 aromatic carbocycles. The van der Waals surface area contributed by atoms with Gasteiger partial charge in [-0.1, -0.05) is 24.6 Å². The minimum absolute atomic E-state index is 0.00178. The fourth-order valence-electron chi connectivity index (χ4n) is 2.94. The molecule has 0 bridgehead atoms. The van der Waals surface area contributed by atoms with Crippen LogP contribution in [0.15, 0.2) is 18.2 Å². The number of alkyl halides is 1. The van der Waals surface area contributed by atoms with Crippen molar-refractivity contribution in [3.05, 3.63) is 28.8 Å². The van der Waals surface area contributed by atoms with Gasteiger partial charge in [-0.2, -0.15) is 0 Å². The summed E-state index contributed by atoms with van der Waals surface area (Å²) < 4.78 is 5.78. The van der Waals surface area contributed by atoms with Crippen LogP contribution in [0.25, 0.3) is 0 Å². The summed E-state index contributed by atoms with van der Waals surface area (Å²) in [6, 6.07) is 5.99. The van der Waals surface area contributed by atoms with E-state index in [-0.39, 0.29) is 5.38 Å². The lowest BCUT2D eigenvalue weighted by atomic mass is 10.00. The highest BCUT2D eigenvalue weighted by atomic mass is 35.5. The maximum atomic E-state index is 6.65. The van der Waals surface area contributed by atoms with E-state index in [0.717, 1.165) is 30.7 Å². The molecule has 1 aromatic rings. The Morgan fingerprint density at radius 2 is 2.00 bits per heavy atom. The molecule has 21 heavy (non-hydrogen) atoms. The standard InChI is InChI=1S/C17H23Cl2NO/c1-12(11-20-8-2-3-9-20)17(19)13-4-7-16(15(18)10-13)21-14-5-6-14/h4,7,10,12,14,17H,2-3,5-6,8-9,11H2,1H3/t12-,17?/m1/s1. The SMILES string of the molecule is C[C@H](CN1CCCC1)C(Cl)c1ccc(OC2CC2)c(Cl)c1. The maximum absolute atomic E-state index is 6.65. The highest BCUT2D eigenvalue weighted by Crippen LogP contribution is 2.37. The number of rotatable bonds is 6. The molecule has 4 heteroatoms. The average molecular weight is 328 g/mol.